The van der Waals surface area contributed by atoms with Gasteiger partial charge in [0.1, 0.15) is 6.26 Å². The van der Waals surface area contributed by atoms with Crippen molar-refractivity contribution in [1.29, 1.82) is 0 Å². The molecule has 0 aliphatic carbocycles. The molecule has 3 rings (SSSR count). The van der Waals surface area contributed by atoms with E-state index in [1.165, 1.54) is 6.26 Å². The number of piperidine rings is 1. The number of hydrogen-bond acceptors (Lipinski definition) is 4. The van der Waals surface area contributed by atoms with Crippen molar-refractivity contribution in [3.05, 3.63) is 42.3 Å². The van der Waals surface area contributed by atoms with E-state index in [0.29, 0.717) is 24.0 Å². The van der Waals surface area contributed by atoms with E-state index < -0.39 is 0 Å². The van der Waals surface area contributed by atoms with Gasteiger partial charge in [-0.2, -0.15) is 0 Å². The fourth-order valence-corrected chi connectivity index (χ4v) is 3.09. The van der Waals surface area contributed by atoms with E-state index in [2.05, 4.69) is 11.9 Å². The van der Waals surface area contributed by atoms with Gasteiger partial charge in [-0.15, -0.1) is 0 Å². The van der Waals surface area contributed by atoms with Crippen LogP contribution in [0.4, 0.5) is 0 Å². The van der Waals surface area contributed by atoms with E-state index in [0.717, 1.165) is 24.9 Å². The van der Waals surface area contributed by atoms with Crippen molar-refractivity contribution in [3.63, 3.8) is 0 Å². The molecule has 0 bridgehead atoms. The Morgan fingerprint density at radius 1 is 1.41 bits per heavy atom. The topological polar surface area (TPSA) is 72.4 Å². The summed E-state index contributed by atoms with van der Waals surface area (Å²) in [6.07, 6.45) is 3.56. The molecular formula is C17H21N3O2. The molecular weight excluding hydrogens is 278 g/mol. The normalized spacial score (nSPS) is 21.8. The summed E-state index contributed by atoms with van der Waals surface area (Å²) in [6.45, 7) is 3.37. The first-order valence-electron chi connectivity index (χ1n) is 7.72. The Labute approximate surface area is 130 Å². The van der Waals surface area contributed by atoms with Crippen LogP contribution in [0.1, 0.15) is 30.3 Å². The fraction of sp³-hybridized carbons (Fsp3) is 0.412. The van der Waals surface area contributed by atoms with Gasteiger partial charge in [-0.3, -0.25) is 4.79 Å². The number of rotatable bonds is 3. The first kappa shape index (κ1) is 14.8. The minimum atomic E-state index is -0.0899. The minimum Gasteiger partial charge on any atom is -0.444 e. The van der Waals surface area contributed by atoms with Gasteiger partial charge in [-0.1, -0.05) is 25.1 Å². The van der Waals surface area contributed by atoms with Gasteiger partial charge in [-0.25, -0.2) is 4.98 Å². The Hall–Kier alpha value is -2.14. The smallest absolute Gasteiger partial charge is 0.276 e. The van der Waals surface area contributed by atoms with Crippen molar-refractivity contribution in [1.82, 2.24) is 9.88 Å². The number of amides is 1. The van der Waals surface area contributed by atoms with Crippen molar-refractivity contribution in [2.24, 2.45) is 11.7 Å². The summed E-state index contributed by atoms with van der Waals surface area (Å²) in [4.78, 5) is 18.9. The maximum Gasteiger partial charge on any atom is 0.276 e. The quantitative estimate of drug-likeness (QED) is 0.945. The zero-order valence-corrected chi connectivity index (χ0v) is 12.7. The second-order valence-electron chi connectivity index (χ2n) is 5.83. The molecule has 2 N–H and O–H groups in total. The molecule has 1 aliphatic heterocycles. The fourth-order valence-electron chi connectivity index (χ4n) is 3.09. The average Bonchev–Trinajstić information content (AvgIpc) is 3.05. The molecule has 2 atom stereocenters. The van der Waals surface area contributed by atoms with E-state index in [-0.39, 0.29) is 11.9 Å². The van der Waals surface area contributed by atoms with E-state index in [1.807, 2.05) is 35.2 Å². The molecule has 1 amide bonds. The summed E-state index contributed by atoms with van der Waals surface area (Å²) >= 11 is 0. The number of benzene rings is 1. The molecule has 2 aromatic rings. The predicted molar refractivity (Wildman–Crippen MR) is 84.2 cm³/mol. The lowest BCUT2D eigenvalue weighted by atomic mass is 9.90. The summed E-state index contributed by atoms with van der Waals surface area (Å²) < 4.78 is 5.47. The Morgan fingerprint density at radius 2 is 2.18 bits per heavy atom. The second-order valence-corrected chi connectivity index (χ2v) is 5.83. The third-order valence-corrected chi connectivity index (χ3v) is 4.36. The molecule has 1 aromatic heterocycles. The summed E-state index contributed by atoms with van der Waals surface area (Å²) in [5, 5.41) is 0. The van der Waals surface area contributed by atoms with Gasteiger partial charge in [0.15, 0.2) is 5.69 Å². The monoisotopic (exact) mass is 299 g/mol. The Kier molecular flexibility index (Phi) is 4.24. The van der Waals surface area contributed by atoms with Crippen LogP contribution in [0.25, 0.3) is 11.5 Å². The number of oxazole rings is 1. The van der Waals surface area contributed by atoms with Crippen molar-refractivity contribution in [2.75, 3.05) is 13.1 Å². The average molecular weight is 299 g/mol. The number of likely N-dealkylation sites (tertiary alicyclic amines) is 1. The van der Waals surface area contributed by atoms with Crippen LogP contribution in [-0.4, -0.2) is 34.9 Å². The summed E-state index contributed by atoms with van der Waals surface area (Å²) in [5.41, 5.74) is 7.08. The number of carbonyl (C=O) groups excluding carboxylic acids is 1. The summed E-state index contributed by atoms with van der Waals surface area (Å²) in [7, 11) is 0. The SMILES string of the molecule is C[C@@H]1CCCN(C(=O)c2coc(-c3ccccc3)n2)[C@@H]1CN. The van der Waals surface area contributed by atoms with Crippen molar-refractivity contribution < 1.29 is 9.21 Å². The third-order valence-electron chi connectivity index (χ3n) is 4.36. The highest BCUT2D eigenvalue weighted by atomic mass is 16.3. The van der Waals surface area contributed by atoms with Crippen molar-refractivity contribution in [3.8, 4) is 11.5 Å². The number of hydrogen-bond donors (Lipinski definition) is 1. The van der Waals surface area contributed by atoms with Crippen LogP contribution in [0.5, 0.6) is 0 Å². The zero-order valence-electron chi connectivity index (χ0n) is 12.7. The molecule has 22 heavy (non-hydrogen) atoms. The van der Waals surface area contributed by atoms with Gasteiger partial charge in [0, 0.05) is 24.7 Å². The first-order valence-corrected chi connectivity index (χ1v) is 7.72. The van der Waals surface area contributed by atoms with Gasteiger partial charge >= 0.3 is 0 Å². The Bertz CT molecular complexity index is 638. The summed E-state index contributed by atoms with van der Waals surface area (Å²) in [6, 6.07) is 9.66. The molecule has 1 aromatic carbocycles. The van der Waals surface area contributed by atoms with Crippen LogP contribution in [-0.2, 0) is 0 Å². The van der Waals surface area contributed by atoms with Gasteiger partial charge < -0.3 is 15.1 Å². The summed E-state index contributed by atoms with van der Waals surface area (Å²) in [5.74, 6) is 0.800. The molecule has 5 nitrogen and oxygen atoms in total. The minimum absolute atomic E-state index is 0.0816. The van der Waals surface area contributed by atoms with Crippen LogP contribution in [0.3, 0.4) is 0 Å². The molecule has 0 spiro atoms. The van der Waals surface area contributed by atoms with E-state index in [4.69, 9.17) is 10.2 Å². The lowest BCUT2D eigenvalue weighted by Gasteiger charge is -2.39. The number of nitrogens with two attached hydrogens (primary N) is 1. The van der Waals surface area contributed by atoms with Crippen LogP contribution >= 0.6 is 0 Å². The van der Waals surface area contributed by atoms with Crippen molar-refractivity contribution >= 4 is 5.91 Å². The van der Waals surface area contributed by atoms with E-state index in [1.54, 1.807) is 0 Å². The standard InChI is InChI=1S/C17H21N3O2/c1-12-6-5-9-20(15(12)10-18)17(21)14-11-22-16(19-14)13-7-3-2-4-8-13/h2-4,7-8,11-12,15H,5-6,9-10,18H2,1H3/t12-,15-/m1/s1. The molecule has 5 heteroatoms. The van der Waals surface area contributed by atoms with Crippen LogP contribution in [0.15, 0.2) is 41.0 Å². The maximum absolute atomic E-state index is 12.7. The predicted octanol–water partition coefficient (Wildman–Crippen LogP) is 2.54. The largest absolute Gasteiger partial charge is 0.444 e. The highest BCUT2D eigenvalue weighted by Crippen LogP contribution is 2.25. The lowest BCUT2D eigenvalue weighted by molar-refractivity contribution is 0.0526. The molecule has 1 saturated heterocycles. The van der Waals surface area contributed by atoms with Gasteiger partial charge in [-0.05, 0) is 30.9 Å². The second kappa shape index (κ2) is 6.32. The molecule has 0 radical (unpaired) electrons. The lowest BCUT2D eigenvalue weighted by Crippen LogP contribution is -2.51. The van der Waals surface area contributed by atoms with Crippen LogP contribution in [0, 0.1) is 5.92 Å². The number of nitrogens with zero attached hydrogens (tertiary/aromatic N) is 2. The van der Waals surface area contributed by atoms with Crippen molar-refractivity contribution in [2.45, 2.75) is 25.8 Å². The zero-order chi connectivity index (χ0) is 15.5. The maximum atomic E-state index is 12.7. The van der Waals surface area contributed by atoms with Gasteiger partial charge in [0.25, 0.3) is 5.91 Å². The first-order chi connectivity index (χ1) is 10.7. The molecule has 1 aliphatic rings. The molecule has 0 unspecified atom stereocenters. The van der Waals surface area contributed by atoms with Gasteiger partial charge in [0.2, 0.25) is 5.89 Å². The third kappa shape index (κ3) is 2.76. The number of carbonyl (C=O) groups is 1. The molecule has 2 heterocycles. The van der Waals surface area contributed by atoms with Crippen LogP contribution < -0.4 is 5.73 Å². The number of aromatic nitrogens is 1. The molecule has 0 saturated carbocycles. The van der Waals surface area contributed by atoms with Gasteiger partial charge in [0.05, 0.1) is 0 Å². The highest BCUT2D eigenvalue weighted by molar-refractivity contribution is 5.92. The highest BCUT2D eigenvalue weighted by Gasteiger charge is 2.32. The van der Waals surface area contributed by atoms with E-state index >= 15 is 0 Å². The Morgan fingerprint density at radius 3 is 2.91 bits per heavy atom. The van der Waals surface area contributed by atoms with E-state index in [9.17, 15) is 4.79 Å². The Balaban J connectivity index is 1.82. The van der Waals surface area contributed by atoms with Crippen LogP contribution in [0.2, 0.25) is 0 Å². The molecule has 116 valence electrons. The molecule has 1 fully saturated rings.